The molecule has 3 heterocycles. The highest BCUT2D eigenvalue weighted by molar-refractivity contribution is 7.99. The number of likely N-dealkylation sites (tertiary alicyclic amines) is 1. The van der Waals surface area contributed by atoms with Crippen LogP contribution >= 0.6 is 11.8 Å². The van der Waals surface area contributed by atoms with E-state index in [1.165, 1.54) is 0 Å². The number of para-hydroxylation sites is 1. The minimum Gasteiger partial charge on any atom is -0.480 e. The van der Waals surface area contributed by atoms with Crippen LogP contribution < -0.4 is 37.6 Å². The lowest BCUT2D eigenvalue weighted by Gasteiger charge is -2.32. The molecular weight excluding hydrogens is 823 g/mol. The molecule has 2 aromatic rings. The number of carbonyl (C=O) groups excluding carboxylic acids is 7. The summed E-state index contributed by atoms with van der Waals surface area (Å²) in [5.74, 6) is -6.96. The normalized spacial score (nSPS) is 24.1. The zero-order valence-electron chi connectivity index (χ0n) is 36.5. The van der Waals surface area contributed by atoms with Crippen molar-refractivity contribution in [3.8, 4) is 0 Å². The van der Waals surface area contributed by atoms with Crippen LogP contribution in [-0.4, -0.2) is 135 Å². The van der Waals surface area contributed by atoms with Crippen molar-refractivity contribution in [1.29, 1.82) is 0 Å². The number of β-amino-alcohol motifs (C(OH)–C–C–N with tert-alkyl or cyclic N) is 1. The third-order valence-electron chi connectivity index (χ3n) is 11.4. The van der Waals surface area contributed by atoms with E-state index in [-0.39, 0.29) is 37.5 Å². The number of nitrogens with two attached hydrogens (primary N) is 1. The number of thioether (sulfide) groups is 1. The van der Waals surface area contributed by atoms with Gasteiger partial charge in [0, 0.05) is 36.0 Å². The first kappa shape index (κ1) is 49.4. The molecule has 2 aliphatic rings. The fourth-order valence-corrected chi connectivity index (χ4v) is 8.48. The van der Waals surface area contributed by atoms with Crippen LogP contribution in [0.1, 0.15) is 79.7 Å². The van der Waals surface area contributed by atoms with Crippen molar-refractivity contribution in [2.24, 2.45) is 23.0 Å². The number of aromatic amines is 1. The van der Waals surface area contributed by atoms with E-state index in [1.807, 2.05) is 47.6 Å². The number of carboxylic acids is 1. The molecule has 1 aromatic heterocycles. The second-order valence-electron chi connectivity index (χ2n) is 17.5. The van der Waals surface area contributed by atoms with Crippen molar-refractivity contribution in [3.05, 3.63) is 29.8 Å². The molecule has 0 unspecified atom stereocenters. The van der Waals surface area contributed by atoms with Gasteiger partial charge in [0.1, 0.15) is 30.2 Å². The lowest BCUT2D eigenvalue weighted by Crippen LogP contribution is -2.58. The van der Waals surface area contributed by atoms with E-state index >= 15 is 0 Å². The first-order chi connectivity index (χ1) is 29.1. The first-order valence-electron chi connectivity index (χ1n) is 21.1. The smallest absolute Gasteiger partial charge is 0.326 e. The van der Waals surface area contributed by atoms with Gasteiger partial charge in [-0.25, -0.2) is 4.79 Å². The van der Waals surface area contributed by atoms with Crippen LogP contribution in [0.2, 0.25) is 0 Å². The number of aliphatic carboxylic acids is 1. The van der Waals surface area contributed by atoms with E-state index in [0.717, 1.165) is 16.7 Å². The number of benzene rings is 1. The number of fused-ring (bicyclic) bond motifs is 3. The van der Waals surface area contributed by atoms with Gasteiger partial charge in [-0.2, -0.15) is 0 Å². The molecule has 1 aromatic carbocycles. The summed E-state index contributed by atoms with van der Waals surface area (Å²) in [5.41, 5.74) is 6.97. The standard InChI is InChI=1S/C42H63N9O10S/c1-8-21(3)33(43)37(57)47-27-15-25-24-12-10-11-13-26(24)49-39(25)62-20-29(46-31(53)17-45-38(58)34(22(4)9-2)50-32(54)18-44-35(27)55)36(56)48-28(16-42(5,6)7)40(59)51-19-23(52)14-30(51)41(60)61/h10-13,21-23,27-30,33-34,49,52H,8-9,14-20,43H2,1-7H3,(H,44,55)(H,45,58)(H,46,53)(H,47,57)(H,48,56)(H,50,54)(H,60,61)/t21-,22-,23+,27-,28-,29-,30-,33-,34-/m0/s1. The number of carboxylic acid groups (broad SMARTS) is 1. The van der Waals surface area contributed by atoms with Crippen molar-refractivity contribution in [3.63, 3.8) is 0 Å². The molecule has 0 spiro atoms. The molecule has 11 N–H and O–H groups in total. The quantitative estimate of drug-likeness (QED) is 0.142. The molecule has 4 rings (SSSR count). The number of H-pyrrole nitrogens is 1. The van der Waals surface area contributed by atoms with E-state index in [2.05, 4.69) is 36.9 Å². The lowest BCUT2D eigenvalue weighted by molar-refractivity contribution is -0.149. The molecule has 1 fully saturated rings. The molecule has 62 heavy (non-hydrogen) atoms. The molecule has 9 atom stereocenters. The molecule has 0 saturated carbocycles. The minimum absolute atomic E-state index is 0.0745. The van der Waals surface area contributed by atoms with Crippen molar-refractivity contribution < 1.29 is 48.6 Å². The summed E-state index contributed by atoms with van der Waals surface area (Å²) in [5, 5.41) is 37.3. The van der Waals surface area contributed by atoms with Crippen LogP contribution in [0.3, 0.4) is 0 Å². The lowest BCUT2D eigenvalue weighted by atomic mass is 9.87. The highest BCUT2D eigenvalue weighted by Gasteiger charge is 2.43. The Labute approximate surface area is 365 Å². The van der Waals surface area contributed by atoms with Gasteiger partial charge >= 0.3 is 5.97 Å². The Hall–Kier alpha value is -5.21. The predicted octanol–water partition coefficient (Wildman–Crippen LogP) is -0.110. The van der Waals surface area contributed by atoms with Gasteiger partial charge in [0.25, 0.3) is 0 Å². The first-order valence-corrected chi connectivity index (χ1v) is 22.1. The monoisotopic (exact) mass is 885 g/mol. The Kier molecular flexibility index (Phi) is 17.3. The van der Waals surface area contributed by atoms with E-state index < -0.39 is 114 Å². The Balaban J connectivity index is 1.77. The van der Waals surface area contributed by atoms with Crippen LogP contribution in [-0.2, 0) is 44.8 Å². The fourth-order valence-electron chi connectivity index (χ4n) is 7.36. The topological polar surface area (TPSA) is 294 Å². The summed E-state index contributed by atoms with van der Waals surface area (Å²) >= 11 is 1.12. The largest absolute Gasteiger partial charge is 0.480 e. The highest BCUT2D eigenvalue weighted by Crippen LogP contribution is 2.32. The average Bonchev–Trinajstić information content (AvgIpc) is 3.79. The summed E-state index contributed by atoms with van der Waals surface area (Å²) in [7, 11) is 0. The number of aromatic nitrogens is 1. The van der Waals surface area contributed by atoms with E-state index in [9.17, 15) is 48.6 Å². The van der Waals surface area contributed by atoms with E-state index in [4.69, 9.17) is 5.73 Å². The van der Waals surface area contributed by atoms with Crippen LogP contribution in [0.25, 0.3) is 10.9 Å². The molecule has 0 radical (unpaired) electrons. The van der Waals surface area contributed by atoms with Crippen LogP contribution in [0, 0.1) is 17.3 Å². The van der Waals surface area contributed by atoms with Crippen LogP contribution in [0.4, 0.5) is 0 Å². The molecule has 0 bridgehead atoms. The molecular formula is C42H63N9O10S. The fraction of sp³-hybridized carbons (Fsp3) is 0.619. The number of nitrogens with one attached hydrogen (secondary N) is 7. The van der Waals surface area contributed by atoms with Gasteiger partial charge in [-0.05, 0) is 35.3 Å². The van der Waals surface area contributed by atoms with Crippen molar-refractivity contribution >= 4 is 70.0 Å². The van der Waals surface area contributed by atoms with Crippen LogP contribution in [0.15, 0.2) is 29.3 Å². The Bertz CT molecular complexity index is 1990. The van der Waals surface area contributed by atoms with E-state index in [0.29, 0.717) is 34.3 Å². The zero-order valence-corrected chi connectivity index (χ0v) is 37.3. The number of nitrogens with zero attached hydrogens (tertiary/aromatic N) is 1. The zero-order chi connectivity index (χ0) is 46.1. The summed E-state index contributed by atoms with van der Waals surface area (Å²) in [4.78, 5) is 112. The molecule has 7 amide bonds. The van der Waals surface area contributed by atoms with Crippen LogP contribution in [0.5, 0.6) is 0 Å². The van der Waals surface area contributed by atoms with Crippen molar-refractivity contribution in [2.45, 2.75) is 128 Å². The maximum Gasteiger partial charge on any atom is 0.326 e. The summed E-state index contributed by atoms with van der Waals surface area (Å²) < 4.78 is 0. The maximum atomic E-state index is 14.4. The number of rotatable bonds is 11. The number of carbonyl (C=O) groups is 8. The average molecular weight is 886 g/mol. The Morgan fingerprint density at radius 1 is 0.968 bits per heavy atom. The number of hydrogen-bond donors (Lipinski definition) is 10. The highest BCUT2D eigenvalue weighted by atomic mass is 32.2. The molecule has 1 saturated heterocycles. The predicted molar refractivity (Wildman–Crippen MR) is 231 cm³/mol. The third-order valence-corrected chi connectivity index (χ3v) is 12.5. The van der Waals surface area contributed by atoms with Gasteiger partial charge in [-0.3, -0.25) is 33.6 Å². The number of hydrogen-bond acceptors (Lipinski definition) is 11. The second kappa shape index (κ2) is 21.7. The van der Waals surface area contributed by atoms with Gasteiger partial charge in [0.15, 0.2) is 0 Å². The van der Waals surface area contributed by atoms with Gasteiger partial charge in [0.05, 0.1) is 30.3 Å². The van der Waals surface area contributed by atoms with Gasteiger partial charge < -0.3 is 57.7 Å². The third kappa shape index (κ3) is 13.2. The Morgan fingerprint density at radius 2 is 1.61 bits per heavy atom. The van der Waals surface area contributed by atoms with Gasteiger partial charge in [-0.1, -0.05) is 79.5 Å². The molecule has 19 nitrogen and oxygen atoms in total. The summed E-state index contributed by atoms with van der Waals surface area (Å²) in [6.07, 6.45) is -0.205. The maximum absolute atomic E-state index is 14.4. The molecule has 20 heteroatoms. The minimum atomic E-state index is -1.35. The van der Waals surface area contributed by atoms with Crippen molar-refractivity contribution in [1.82, 2.24) is 41.8 Å². The molecule has 342 valence electrons. The van der Waals surface area contributed by atoms with Crippen molar-refractivity contribution in [2.75, 3.05) is 25.4 Å². The number of amides is 7. The summed E-state index contributed by atoms with van der Waals surface area (Å²) in [6.45, 7) is 11.4. The second-order valence-corrected chi connectivity index (χ2v) is 18.5. The van der Waals surface area contributed by atoms with Gasteiger partial charge in [-0.15, -0.1) is 11.8 Å². The van der Waals surface area contributed by atoms with Gasteiger partial charge in [0.2, 0.25) is 41.4 Å². The number of aliphatic hydroxyl groups is 1. The molecule has 2 aliphatic heterocycles. The molecule has 0 aliphatic carbocycles. The SMILES string of the molecule is CC[C@H](C)[C@H](N)C(=O)N[C@H]1Cc2c([nH]c3ccccc23)SC[C@@H](C(=O)N[C@@H](CC(C)(C)C)C(=O)N2C[C@H](O)C[C@H]2C(=O)O)NC(=O)CNC(=O)[C@H]([C@@H](C)CC)NC(=O)CNC1=O. The summed E-state index contributed by atoms with van der Waals surface area (Å²) in [6, 6.07) is 0.0145. The Morgan fingerprint density at radius 3 is 2.24 bits per heavy atom. The number of aliphatic hydroxyl groups excluding tert-OH is 1. The van der Waals surface area contributed by atoms with E-state index in [1.54, 1.807) is 25.1 Å².